The van der Waals surface area contributed by atoms with Gasteiger partial charge in [0, 0.05) is 27.9 Å². The first-order valence-corrected chi connectivity index (χ1v) is 8.56. The maximum atomic E-state index is 12.5. The second kappa shape index (κ2) is 6.88. The molecule has 0 spiro atoms. The van der Waals surface area contributed by atoms with Gasteiger partial charge in [-0.2, -0.15) is 0 Å². The molecule has 4 rings (SSSR count). The number of carbonyl (C=O) groups is 2. The third-order valence-electron chi connectivity index (χ3n) is 4.55. The molecule has 0 saturated carbocycles. The zero-order chi connectivity index (χ0) is 17.9. The van der Waals surface area contributed by atoms with Gasteiger partial charge in [0.05, 0.1) is 0 Å². The molecule has 26 heavy (non-hydrogen) atoms. The molecule has 128 valence electrons. The van der Waals surface area contributed by atoms with Crippen molar-refractivity contribution >= 4 is 17.5 Å². The van der Waals surface area contributed by atoms with Gasteiger partial charge in [0.1, 0.15) is 12.1 Å². The van der Waals surface area contributed by atoms with Crippen molar-refractivity contribution < 1.29 is 9.59 Å². The Balaban J connectivity index is 1.51. The highest BCUT2D eigenvalue weighted by molar-refractivity contribution is 6.10. The van der Waals surface area contributed by atoms with Crippen LogP contribution < -0.4 is 5.32 Å². The standard InChI is InChI=1S/C21H17N3O2/c25-19(14-5-2-1-3-6-14)15-9-11-16(12-10-15)21(26)24-20-17-7-4-8-18(17)22-13-23-20/h1-3,5-6,9-13H,4,7-8H2,(H,22,23,24,26). The van der Waals surface area contributed by atoms with Crippen LogP contribution in [0.3, 0.4) is 0 Å². The molecule has 1 amide bonds. The molecule has 0 atom stereocenters. The lowest BCUT2D eigenvalue weighted by Crippen LogP contribution is -2.15. The molecule has 0 bridgehead atoms. The topological polar surface area (TPSA) is 72.0 Å². The zero-order valence-corrected chi connectivity index (χ0v) is 14.1. The van der Waals surface area contributed by atoms with Crippen LogP contribution in [0.2, 0.25) is 0 Å². The van der Waals surface area contributed by atoms with Crippen LogP contribution in [0.15, 0.2) is 60.9 Å². The Morgan fingerprint density at radius 3 is 2.27 bits per heavy atom. The predicted octanol–water partition coefficient (Wildman–Crippen LogP) is 3.45. The highest BCUT2D eigenvalue weighted by atomic mass is 16.1. The van der Waals surface area contributed by atoms with Gasteiger partial charge in [-0.05, 0) is 31.4 Å². The first kappa shape index (κ1) is 16.1. The van der Waals surface area contributed by atoms with Crippen LogP contribution >= 0.6 is 0 Å². The first-order chi connectivity index (χ1) is 12.7. The summed E-state index contributed by atoms with van der Waals surface area (Å²) in [5.74, 6) is 0.282. The van der Waals surface area contributed by atoms with Crippen LogP contribution in [0.25, 0.3) is 0 Å². The molecule has 0 unspecified atom stereocenters. The molecular formula is C21H17N3O2. The van der Waals surface area contributed by atoms with Crippen molar-refractivity contribution in [1.29, 1.82) is 0 Å². The van der Waals surface area contributed by atoms with Crippen molar-refractivity contribution in [2.24, 2.45) is 0 Å². The molecule has 1 aliphatic carbocycles. The average Bonchev–Trinajstić information content (AvgIpc) is 3.18. The Kier molecular flexibility index (Phi) is 4.27. The number of ketones is 1. The Morgan fingerprint density at radius 1 is 0.808 bits per heavy atom. The number of anilines is 1. The third-order valence-corrected chi connectivity index (χ3v) is 4.55. The lowest BCUT2D eigenvalue weighted by atomic mass is 10.0. The maximum Gasteiger partial charge on any atom is 0.256 e. The van der Waals surface area contributed by atoms with E-state index in [1.807, 2.05) is 18.2 Å². The number of carbonyl (C=O) groups excluding carboxylic acids is 2. The molecule has 1 aromatic heterocycles. The van der Waals surface area contributed by atoms with Crippen molar-refractivity contribution in [2.45, 2.75) is 19.3 Å². The lowest BCUT2D eigenvalue weighted by Gasteiger charge is -2.09. The van der Waals surface area contributed by atoms with Crippen LogP contribution in [0.5, 0.6) is 0 Å². The highest BCUT2D eigenvalue weighted by Gasteiger charge is 2.19. The van der Waals surface area contributed by atoms with Crippen LogP contribution in [0.1, 0.15) is 44.0 Å². The normalized spacial score (nSPS) is 12.5. The van der Waals surface area contributed by atoms with Gasteiger partial charge in [-0.3, -0.25) is 9.59 Å². The number of benzene rings is 2. The number of nitrogens with zero attached hydrogens (tertiary/aromatic N) is 2. The number of nitrogens with one attached hydrogen (secondary N) is 1. The summed E-state index contributed by atoms with van der Waals surface area (Å²) in [5, 5.41) is 2.86. The van der Waals surface area contributed by atoms with Gasteiger partial charge >= 0.3 is 0 Å². The fraction of sp³-hybridized carbons (Fsp3) is 0.143. The smallest absolute Gasteiger partial charge is 0.256 e. The van der Waals surface area contributed by atoms with Gasteiger partial charge in [-0.15, -0.1) is 0 Å². The van der Waals surface area contributed by atoms with Crippen LogP contribution in [0.4, 0.5) is 5.82 Å². The number of rotatable bonds is 4. The zero-order valence-electron chi connectivity index (χ0n) is 14.1. The van der Waals surface area contributed by atoms with Crippen molar-refractivity contribution in [2.75, 3.05) is 5.32 Å². The summed E-state index contributed by atoms with van der Waals surface area (Å²) < 4.78 is 0. The molecule has 0 aliphatic heterocycles. The van der Waals surface area contributed by atoms with Crippen molar-refractivity contribution in [3.05, 3.63) is 88.9 Å². The summed E-state index contributed by atoms with van der Waals surface area (Å²) in [6.07, 6.45) is 4.34. The number of aromatic nitrogens is 2. The van der Waals surface area contributed by atoms with Gasteiger partial charge in [0.15, 0.2) is 5.78 Å². The van der Waals surface area contributed by atoms with Gasteiger partial charge in [-0.25, -0.2) is 9.97 Å². The molecule has 0 saturated heterocycles. The number of hydrogen-bond donors (Lipinski definition) is 1. The molecule has 1 aliphatic rings. The fourth-order valence-corrected chi connectivity index (χ4v) is 3.18. The summed E-state index contributed by atoms with van der Waals surface area (Å²) in [7, 11) is 0. The quantitative estimate of drug-likeness (QED) is 0.737. The number of fused-ring (bicyclic) bond motifs is 1. The van der Waals surface area contributed by atoms with Gasteiger partial charge in [0.25, 0.3) is 5.91 Å². The second-order valence-corrected chi connectivity index (χ2v) is 6.23. The minimum atomic E-state index is -0.239. The molecular weight excluding hydrogens is 326 g/mol. The van der Waals surface area contributed by atoms with Gasteiger partial charge in [-0.1, -0.05) is 42.5 Å². The van der Waals surface area contributed by atoms with Crippen molar-refractivity contribution in [1.82, 2.24) is 9.97 Å². The molecule has 0 fully saturated rings. The van der Waals surface area contributed by atoms with Gasteiger partial charge in [0.2, 0.25) is 0 Å². The average molecular weight is 343 g/mol. The largest absolute Gasteiger partial charge is 0.306 e. The maximum absolute atomic E-state index is 12.5. The minimum Gasteiger partial charge on any atom is -0.306 e. The molecule has 1 N–H and O–H groups in total. The highest BCUT2D eigenvalue weighted by Crippen LogP contribution is 2.25. The Labute approximate surface area is 151 Å². The Hall–Kier alpha value is -3.34. The second-order valence-electron chi connectivity index (χ2n) is 6.23. The van der Waals surface area contributed by atoms with E-state index >= 15 is 0 Å². The first-order valence-electron chi connectivity index (χ1n) is 8.56. The summed E-state index contributed by atoms with van der Waals surface area (Å²) in [5.41, 5.74) is 3.70. The molecule has 0 radical (unpaired) electrons. The van der Waals surface area contributed by atoms with E-state index in [-0.39, 0.29) is 11.7 Å². The Bertz CT molecular complexity index is 966. The minimum absolute atomic E-state index is 0.0637. The molecule has 5 nitrogen and oxygen atoms in total. The molecule has 5 heteroatoms. The van der Waals surface area contributed by atoms with Crippen molar-refractivity contribution in [3.63, 3.8) is 0 Å². The monoisotopic (exact) mass is 343 g/mol. The van der Waals surface area contributed by atoms with Crippen LogP contribution in [0, 0.1) is 0 Å². The van der Waals surface area contributed by atoms with E-state index in [9.17, 15) is 9.59 Å². The predicted molar refractivity (Wildman–Crippen MR) is 98.3 cm³/mol. The SMILES string of the molecule is O=C(Nc1ncnc2c1CCC2)c1ccc(C(=O)c2ccccc2)cc1. The summed E-state index contributed by atoms with van der Waals surface area (Å²) in [6.45, 7) is 0. The van der Waals surface area contributed by atoms with E-state index in [0.29, 0.717) is 22.5 Å². The summed E-state index contributed by atoms with van der Waals surface area (Å²) >= 11 is 0. The molecule has 3 aromatic rings. The van der Waals surface area contributed by atoms with Crippen LogP contribution in [-0.4, -0.2) is 21.7 Å². The summed E-state index contributed by atoms with van der Waals surface area (Å²) in [4.78, 5) is 33.4. The van der Waals surface area contributed by atoms with E-state index in [0.717, 1.165) is 30.5 Å². The van der Waals surface area contributed by atoms with E-state index in [1.165, 1.54) is 6.33 Å². The van der Waals surface area contributed by atoms with Gasteiger partial charge < -0.3 is 5.32 Å². The number of hydrogen-bond acceptors (Lipinski definition) is 4. The van der Waals surface area contributed by atoms with E-state index < -0.39 is 0 Å². The van der Waals surface area contributed by atoms with E-state index in [4.69, 9.17) is 0 Å². The van der Waals surface area contributed by atoms with Crippen LogP contribution in [-0.2, 0) is 12.8 Å². The van der Waals surface area contributed by atoms with E-state index in [1.54, 1.807) is 36.4 Å². The fourth-order valence-electron chi connectivity index (χ4n) is 3.18. The molecule has 2 aromatic carbocycles. The summed E-state index contributed by atoms with van der Waals surface area (Å²) in [6, 6.07) is 15.7. The number of amides is 1. The third kappa shape index (κ3) is 3.11. The number of aryl methyl sites for hydroxylation is 1. The molecule has 1 heterocycles. The van der Waals surface area contributed by atoms with Crippen molar-refractivity contribution in [3.8, 4) is 0 Å². The Morgan fingerprint density at radius 2 is 1.50 bits per heavy atom. The lowest BCUT2D eigenvalue weighted by molar-refractivity contribution is 0.101. The van der Waals surface area contributed by atoms with E-state index in [2.05, 4.69) is 15.3 Å².